The summed E-state index contributed by atoms with van der Waals surface area (Å²) in [6.45, 7) is 0.664. The van der Waals surface area contributed by atoms with Gasteiger partial charge in [-0.15, -0.1) is 11.8 Å². The fourth-order valence-electron chi connectivity index (χ4n) is 4.55. The van der Waals surface area contributed by atoms with E-state index in [1.54, 1.807) is 47.4 Å². The van der Waals surface area contributed by atoms with Crippen molar-refractivity contribution in [3.05, 3.63) is 83.4 Å². The Balaban J connectivity index is 1.45. The van der Waals surface area contributed by atoms with Gasteiger partial charge in [-0.25, -0.2) is 13.6 Å². The van der Waals surface area contributed by atoms with Gasteiger partial charge in [-0.2, -0.15) is 0 Å². The van der Waals surface area contributed by atoms with Crippen molar-refractivity contribution < 1.29 is 27.8 Å². The van der Waals surface area contributed by atoms with Gasteiger partial charge in [-0.3, -0.25) is 4.79 Å². The highest BCUT2D eigenvalue weighted by molar-refractivity contribution is 7.98. The van der Waals surface area contributed by atoms with Gasteiger partial charge < -0.3 is 19.3 Å². The number of halogens is 2. The number of ether oxygens (including phenoxy) is 2. The van der Waals surface area contributed by atoms with Crippen LogP contribution in [0.4, 0.5) is 8.78 Å². The van der Waals surface area contributed by atoms with Crippen LogP contribution in [-0.4, -0.2) is 67.8 Å². The average molecular weight is 541 g/mol. The van der Waals surface area contributed by atoms with Crippen LogP contribution in [0.2, 0.25) is 0 Å². The fourth-order valence-corrected chi connectivity index (χ4v) is 5.17. The van der Waals surface area contributed by atoms with E-state index in [0.717, 1.165) is 11.1 Å². The second-order valence-electron chi connectivity index (χ2n) is 9.33. The lowest BCUT2D eigenvalue weighted by Gasteiger charge is -2.23. The Kier molecular flexibility index (Phi) is 8.69. The molecule has 200 valence electrons. The molecule has 1 heterocycles. The third kappa shape index (κ3) is 6.00. The summed E-state index contributed by atoms with van der Waals surface area (Å²) in [5.74, 6) is -1.82. The Morgan fingerprint density at radius 3 is 2.42 bits per heavy atom. The van der Waals surface area contributed by atoms with E-state index in [2.05, 4.69) is 0 Å². The molecule has 1 aliphatic heterocycles. The first-order chi connectivity index (χ1) is 18.2. The van der Waals surface area contributed by atoms with Crippen LogP contribution in [0.5, 0.6) is 5.75 Å². The van der Waals surface area contributed by atoms with Crippen molar-refractivity contribution in [3.8, 4) is 16.9 Å². The first-order valence-corrected chi connectivity index (χ1v) is 13.3. The molecule has 0 N–H and O–H groups in total. The molecule has 0 aromatic heterocycles. The van der Waals surface area contributed by atoms with E-state index in [9.17, 15) is 18.4 Å². The van der Waals surface area contributed by atoms with Crippen LogP contribution in [-0.2, 0) is 16.1 Å². The Morgan fingerprint density at radius 2 is 1.76 bits per heavy atom. The van der Waals surface area contributed by atoms with Crippen LogP contribution in [0.1, 0.15) is 22.3 Å². The highest BCUT2D eigenvalue weighted by Gasteiger charge is 2.41. The number of methoxy groups -OCH3 is 1. The molecule has 4 rings (SSSR count). The summed E-state index contributed by atoms with van der Waals surface area (Å²) in [6.07, 6.45) is 2.33. The lowest BCUT2D eigenvalue weighted by molar-refractivity contribution is -0.145. The molecule has 0 radical (unpaired) electrons. The predicted molar refractivity (Wildman–Crippen MR) is 143 cm³/mol. The molecule has 0 aliphatic carbocycles. The molecule has 2 atom stereocenters. The van der Waals surface area contributed by atoms with Crippen molar-refractivity contribution in [2.24, 2.45) is 0 Å². The van der Waals surface area contributed by atoms with Gasteiger partial charge in [0.25, 0.3) is 5.91 Å². The maximum absolute atomic E-state index is 13.8. The van der Waals surface area contributed by atoms with Crippen molar-refractivity contribution in [1.82, 2.24) is 9.80 Å². The van der Waals surface area contributed by atoms with E-state index >= 15 is 0 Å². The molecule has 9 heteroatoms. The van der Waals surface area contributed by atoms with Crippen molar-refractivity contribution in [3.63, 3.8) is 0 Å². The van der Waals surface area contributed by atoms with E-state index in [4.69, 9.17) is 9.47 Å². The monoisotopic (exact) mass is 540 g/mol. The van der Waals surface area contributed by atoms with Crippen molar-refractivity contribution in [1.29, 1.82) is 0 Å². The Morgan fingerprint density at radius 1 is 1.05 bits per heavy atom. The summed E-state index contributed by atoms with van der Waals surface area (Å²) >= 11 is 1.34. The minimum Gasteiger partial charge on any atom is -0.489 e. The molecule has 3 aromatic carbocycles. The van der Waals surface area contributed by atoms with Gasteiger partial charge in [0.05, 0.1) is 7.11 Å². The SMILES string of the molecule is COC(=O)[C@@H]1C[C@@H](N(C)C)CN1C(=O)c1cccc(COc2ccc(-c3cc(F)c(F)cc3SC)cc2)c1. The molecule has 1 aliphatic rings. The number of thioether (sulfide) groups is 1. The number of hydrogen-bond acceptors (Lipinski definition) is 6. The summed E-state index contributed by atoms with van der Waals surface area (Å²) in [4.78, 5) is 29.9. The number of benzene rings is 3. The summed E-state index contributed by atoms with van der Waals surface area (Å²) in [7, 11) is 5.19. The van der Waals surface area contributed by atoms with E-state index < -0.39 is 23.6 Å². The minimum absolute atomic E-state index is 0.0657. The number of amides is 1. The second-order valence-corrected chi connectivity index (χ2v) is 10.2. The quantitative estimate of drug-likeness (QED) is 0.287. The maximum atomic E-state index is 13.8. The second kappa shape index (κ2) is 12.0. The molecular formula is C29H30F2N2O4S. The number of carbonyl (C=O) groups excluding carboxylic acids is 2. The van der Waals surface area contributed by atoms with Crippen LogP contribution < -0.4 is 4.74 Å². The molecule has 38 heavy (non-hydrogen) atoms. The Bertz CT molecular complexity index is 1320. The van der Waals surface area contributed by atoms with Gasteiger partial charge in [0.2, 0.25) is 0 Å². The summed E-state index contributed by atoms with van der Waals surface area (Å²) in [5, 5.41) is 0. The van der Waals surface area contributed by atoms with E-state index in [0.29, 0.717) is 34.7 Å². The number of carbonyl (C=O) groups is 2. The number of nitrogens with zero attached hydrogens (tertiary/aromatic N) is 2. The summed E-state index contributed by atoms with van der Waals surface area (Å²) < 4.78 is 38.3. The zero-order valence-corrected chi connectivity index (χ0v) is 22.6. The van der Waals surface area contributed by atoms with E-state index in [-0.39, 0.29) is 18.6 Å². The van der Waals surface area contributed by atoms with Crippen LogP contribution in [0.15, 0.2) is 65.6 Å². The lowest BCUT2D eigenvalue weighted by atomic mass is 10.1. The highest BCUT2D eigenvalue weighted by atomic mass is 32.2. The third-order valence-electron chi connectivity index (χ3n) is 6.73. The largest absolute Gasteiger partial charge is 0.489 e. The molecule has 6 nitrogen and oxygen atoms in total. The van der Waals surface area contributed by atoms with Crippen LogP contribution in [0.3, 0.4) is 0 Å². The zero-order chi connectivity index (χ0) is 27.4. The average Bonchev–Trinajstić information content (AvgIpc) is 3.39. The van der Waals surface area contributed by atoms with Crippen molar-refractivity contribution in [2.75, 3.05) is 34.0 Å². The smallest absolute Gasteiger partial charge is 0.328 e. The van der Waals surface area contributed by atoms with E-state index in [1.165, 1.54) is 31.0 Å². The lowest BCUT2D eigenvalue weighted by Crippen LogP contribution is -2.41. The number of likely N-dealkylation sites (N-methyl/N-ethyl adjacent to an activating group) is 1. The number of hydrogen-bond donors (Lipinski definition) is 0. The van der Waals surface area contributed by atoms with Crippen LogP contribution >= 0.6 is 11.8 Å². The maximum Gasteiger partial charge on any atom is 0.328 e. The summed E-state index contributed by atoms with van der Waals surface area (Å²) in [5.41, 5.74) is 2.62. The normalized spacial score (nSPS) is 17.1. The molecule has 1 saturated heterocycles. The van der Waals surface area contributed by atoms with Crippen molar-refractivity contribution >= 4 is 23.6 Å². The zero-order valence-electron chi connectivity index (χ0n) is 21.7. The third-order valence-corrected chi connectivity index (χ3v) is 7.51. The topological polar surface area (TPSA) is 59.1 Å². The Labute approximate surface area is 225 Å². The molecule has 0 bridgehead atoms. The molecule has 0 unspecified atom stereocenters. The molecule has 1 amide bonds. The Hall–Kier alpha value is -3.43. The number of likely N-dealkylation sites (tertiary alicyclic amines) is 1. The van der Waals surface area contributed by atoms with Gasteiger partial charge in [0.15, 0.2) is 11.6 Å². The highest BCUT2D eigenvalue weighted by Crippen LogP contribution is 2.33. The van der Waals surface area contributed by atoms with Crippen molar-refractivity contribution in [2.45, 2.75) is 30.0 Å². The van der Waals surface area contributed by atoms with Gasteiger partial charge in [0, 0.05) is 23.0 Å². The standard InChI is InChI=1S/C29H30F2N2O4S/c1-32(2)21-13-26(29(35)36-3)33(16-21)28(34)20-7-5-6-18(12-20)17-37-22-10-8-19(9-11-22)23-14-24(30)25(31)15-27(23)38-4/h5-12,14-15,21,26H,13,16-17H2,1-4H3/t21-,26+/m1/s1. The van der Waals surface area contributed by atoms with Crippen LogP contribution in [0.25, 0.3) is 11.1 Å². The first-order valence-electron chi connectivity index (χ1n) is 12.1. The van der Waals surface area contributed by atoms with Gasteiger partial charge in [-0.1, -0.05) is 24.3 Å². The van der Waals surface area contributed by atoms with Gasteiger partial charge in [0.1, 0.15) is 18.4 Å². The molecule has 0 saturated carbocycles. The van der Waals surface area contributed by atoms with Crippen LogP contribution in [0, 0.1) is 11.6 Å². The van der Waals surface area contributed by atoms with Gasteiger partial charge in [-0.05, 0) is 79.9 Å². The molecule has 3 aromatic rings. The molecule has 1 fully saturated rings. The number of rotatable bonds is 8. The first kappa shape index (κ1) is 27.6. The summed E-state index contributed by atoms with van der Waals surface area (Å²) in [6, 6.07) is 16.1. The fraction of sp³-hybridized carbons (Fsp3) is 0.310. The number of esters is 1. The molecular weight excluding hydrogens is 510 g/mol. The minimum atomic E-state index is -0.892. The molecule has 0 spiro atoms. The van der Waals surface area contributed by atoms with Gasteiger partial charge >= 0.3 is 5.97 Å². The predicted octanol–water partition coefficient (Wildman–Crippen LogP) is 5.25. The van der Waals surface area contributed by atoms with E-state index in [1.807, 2.05) is 31.3 Å².